The van der Waals surface area contributed by atoms with Crippen LogP contribution in [0.1, 0.15) is 11.3 Å². The fraction of sp³-hybridized carbons (Fsp3) is 0.214. The SMILES string of the molecule is NNC(Cc1ccccn1)Cc1cccc(F)c1F. The van der Waals surface area contributed by atoms with Crippen molar-refractivity contribution in [3.05, 3.63) is 65.5 Å². The van der Waals surface area contributed by atoms with Gasteiger partial charge in [-0.1, -0.05) is 18.2 Å². The molecular formula is C14H15F2N3. The van der Waals surface area contributed by atoms with E-state index in [1.807, 2.05) is 18.2 Å². The second-order valence-electron chi connectivity index (χ2n) is 4.31. The number of hydrogen-bond acceptors (Lipinski definition) is 3. The smallest absolute Gasteiger partial charge is 0.162 e. The van der Waals surface area contributed by atoms with Gasteiger partial charge >= 0.3 is 0 Å². The summed E-state index contributed by atoms with van der Waals surface area (Å²) < 4.78 is 26.7. The fourth-order valence-corrected chi connectivity index (χ4v) is 1.93. The molecule has 1 unspecified atom stereocenters. The Kier molecular flexibility index (Phi) is 4.54. The van der Waals surface area contributed by atoms with Crippen LogP contribution in [0.15, 0.2) is 42.6 Å². The fourth-order valence-electron chi connectivity index (χ4n) is 1.93. The van der Waals surface area contributed by atoms with Crippen LogP contribution < -0.4 is 11.3 Å². The van der Waals surface area contributed by atoms with E-state index < -0.39 is 11.6 Å². The van der Waals surface area contributed by atoms with Crippen LogP contribution in [0.5, 0.6) is 0 Å². The third kappa shape index (κ3) is 3.56. The Hall–Kier alpha value is -1.85. The summed E-state index contributed by atoms with van der Waals surface area (Å²) in [6.07, 6.45) is 2.54. The summed E-state index contributed by atoms with van der Waals surface area (Å²) in [5, 5.41) is 0. The van der Waals surface area contributed by atoms with Crippen LogP contribution >= 0.6 is 0 Å². The average molecular weight is 263 g/mol. The number of rotatable bonds is 5. The summed E-state index contributed by atoms with van der Waals surface area (Å²) >= 11 is 0. The zero-order valence-electron chi connectivity index (χ0n) is 10.3. The highest BCUT2D eigenvalue weighted by Crippen LogP contribution is 2.14. The molecule has 1 aromatic heterocycles. The molecule has 0 amide bonds. The molecule has 3 N–H and O–H groups in total. The van der Waals surface area contributed by atoms with Crippen LogP contribution in [-0.2, 0) is 12.8 Å². The van der Waals surface area contributed by atoms with E-state index in [1.54, 1.807) is 12.3 Å². The van der Waals surface area contributed by atoms with E-state index >= 15 is 0 Å². The maximum Gasteiger partial charge on any atom is 0.162 e. The van der Waals surface area contributed by atoms with Gasteiger partial charge in [0.2, 0.25) is 0 Å². The topological polar surface area (TPSA) is 50.9 Å². The van der Waals surface area contributed by atoms with Gasteiger partial charge in [0.05, 0.1) is 0 Å². The molecular weight excluding hydrogens is 248 g/mol. The number of aromatic nitrogens is 1. The van der Waals surface area contributed by atoms with Crippen LogP contribution in [0.25, 0.3) is 0 Å². The Balaban J connectivity index is 2.09. The molecule has 0 aliphatic heterocycles. The normalized spacial score (nSPS) is 12.4. The number of nitrogens with two attached hydrogens (primary N) is 1. The summed E-state index contributed by atoms with van der Waals surface area (Å²) in [7, 11) is 0. The van der Waals surface area contributed by atoms with Gasteiger partial charge in [-0.25, -0.2) is 8.78 Å². The highest BCUT2D eigenvalue weighted by Gasteiger charge is 2.14. The monoisotopic (exact) mass is 263 g/mol. The van der Waals surface area contributed by atoms with Gasteiger partial charge in [-0.15, -0.1) is 0 Å². The lowest BCUT2D eigenvalue weighted by molar-refractivity contribution is 0.472. The third-order valence-electron chi connectivity index (χ3n) is 2.92. The molecule has 0 radical (unpaired) electrons. The summed E-state index contributed by atoms with van der Waals surface area (Å²) in [5.41, 5.74) is 3.77. The van der Waals surface area contributed by atoms with Crippen molar-refractivity contribution >= 4 is 0 Å². The van der Waals surface area contributed by atoms with Gasteiger partial charge in [-0.2, -0.15) is 0 Å². The molecule has 0 aliphatic rings. The van der Waals surface area contributed by atoms with Gasteiger partial charge in [0.25, 0.3) is 0 Å². The van der Waals surface area contributed by atoms with Gasteiger partial charge < -0.3 is 0 Å². The first-order valence-electron chi connectivity index (χ1n) is 5.99. The van der Waals surface area contributed by atoms with Gasteiger partial charge in [0.15, 0.2) is 11.6 Å². The molecule has 19 heavy (non-hydrogen) atoms. The lowest BCUT2D eigenvalue weighted by Crippen LogP contribution is -2.38. The Bertz CT molecular complexity index is 531. The van der Waals surface area contributed by atoms with Gasteiger partial charge in [-0.3, -0.25) is 16.3 Å². The molecule has 0 saturated carbocycles. The Labute approximate surface area is 110 Å². The van der Waals surface area contributed by atoms with Crippen LogP contribution in [0.3, 0.4) is 0 Å². The summed E-state index contributed by atoms with van der Waals surface area (Å²) in [4.78, 5) is 4.18. The number of halogens is 2. The highest BCUT2D eigenvalue weighted by atomic mass is 19.2. The minimum absolute atomic E-state index is 0.203. The van der Waals surface area contributed by atoms with E-state index in [9.17, 15) is 8.78 Å². The molecule has 1 heterocycles. The maximum atomic E-state index is 13.6. The third-order valence-corrected chi connectivity index (χ3v) is 2.92. The first-order valence-corrected chi connectivity index (χ1v) is 5.99. The number of nitrogens with one attached hydrogen (secondary N) is 1. The van der Waals surface area contributed by atoms with Crippen molar-refractivity contribution in [2.75, 3.05) is 0 Å². The summed E-state index contributed by atoms with van der Waals surface area (Å²) in [6, 6.07) is 9.50. The van der Waals surface area contributed by atoms with E-state index in [0.717, 1.165) is 11.8 Å². The van der Waals surface area contributed by atoms with E-state index in [2.05, 4.69) is 10.4 Å². The van der Waals surface area contributed by atoms with Crippen molar-refractivity contribution in [3.63, 3.8) is 0 Å². The van der Waals surface area contributed by atoms with Crippen molar-refractivity contribution in [2.45, 2.75) is 18.9 Å². The molecule has 0 bridgehead atoms. The first kappa shape index (κ1) is 13.6. The molecule has 0 fully saturated rings. The van der Waals surface area contributed by atoms with E-state index in [-0.39, 0.29) is 6.04 Å². The van der Waals surface area contributed by atoms with Crippen LogP contribution in [0.4, 0.5) is 8.78 Å². The molecule has 0 saturated heterocycles. The molecule has 2 aromatic rings. The molecule has 1 aromatic carbocycles. The van der Waals surface area contributed by atoms with Crippen molar-refractivity contribution in [3.8, 4) is 0 Å². The molecule has 2 rings (SSSR count). The van der Waals surface area contributed by atoms with Crippen molar-refractivity contribution in [1.29, 1.82) is 0 Å². The highest BCUT2D eigenvalue weighted by molar-refractivity contribution is 5.20. The van der Waals surface area contributed by atoms with Crippen LogP contribution in [0, 0.1) is 11.6 Å². The first-order chi connectivity index (χ1) is 9.20. The van der Waals surface area contributed by atoms with Crippen LogP contribution in [-0.4, -0.2) is 11.0 Å². The van der Waals surface area contributed by atoms with Crippen molar-refractivity contribution < 1.29 is 8.78 Å². The standard InChI is InChI=1S/C14H15F2N3/c15-13-6-3-4-10(14(13)16)8-12(19-17)9-11-5-1-2-7-18-11/h1-7,12,19H,8-9,17H2. The lowest BCUT2D eigenvalue weighted by atomic mass is 10.0. The maximum absolute atomic E-state index is 13.6. The number of hydrogen-bond donors (Lipinski definition) is 2. The predicted octanol–water partition coefficient (Wildman–Crippen LogP) is 1.98. The second kappa shape index (κ2) is 6.36. The molecule has 100 valence electrons. The predicted molar refractivity (Wildman–Crippen MR) is 69.1 cm³/mol. The lowest BCUT2D eigenvalue weighted by Gasteiger charge is -2.16. The summed E-state index contributed by atoms with van der Waals surface area (Å²) in [6.45, 7) is 0. The Morgan fingerprint density at radius 1 is 1.11 bits per heavy atom. The summed E-state index contributed by atoms with van der Waals surface area (Å²) in [5.74, 6) is 3.81. The van der Waals surface area contributed by atoms with E-state index in [4.69, 9.17) is 5.84 Å². The zero-order chi connectivity index (χ0) is 13.7. The number of nitrogens with zero attached hydrogens (tertiary/aromatic N) is 1. The quantitative estimate of drug-likeness (QED) is 0.640. The second-order valence-corrected chi connectivity index (χ2v) is 4.31. The van der Waals surface area contributed by atoms with Gasteiger partial charge in [0, 0.05) is 24.4 Å². The largest absolute Gasteiger partial charge is 0.271 e. The number of hydrazine groups is 1. The minimum atomic E-state index is -0.842. The number of benzene rings is 1. The molecule has 5 heteroatoms. The van der Waals surface area contributed by atoms with E-state index in [1.165, 1.54) is 6.07 Å². The number of pyridine rings is 1. The van der Waals surface area contributed by atoms with Crippen LogP contribution in [0.2, 0.25) is 0 Å². The van der Waals surface area contributed by atoms with Crippen molar-refractivity contribution in [2.24, 2.45) is 5.84 Å². The molecule has 0 spiro atoms. The Morgan fingerprint density at radius 2 is 1.95 bits per heavy atom. The minimum Gasteiger partial charge on any atom is -0.271 e. The van der Waals surface area contributed by atoms with Gasteiger partial charge in [-0.05, 0) is 30.2 Å². The average Bonchev–Trinajstić information content (AvgIpc) is 2.44. The molecule has 0 aliphatic carbocycles. The zero-order valence-corrected chi connectivity index (χ0v) is 10.3. The molecule has 3 nitrogen and oxygen atoms in total. The van der Waals surface area contributed by atoms with Gasteiger partial charge in [0.1, 0.15) is 0 Å². The van der Waals surface area contributed by atoms with E-state index in [0.29, 0.717) is 18.4 Å². The Morgan fingerprint density at radius 3 is 2.63 bits per heavy atom. The van der Waals surface area contributed by atoms with Crippen molar-refractivity contribution in [1.82, 2.24) is 10.4 Å². The molecule has 1 atom stereocenters.